The van der Waals surface area contributed by atoms with Gasteiger partial charge in [-0.1, -0.05) is 23.7 Å². The lowest BCUT2D eigenvalue weighted by atomic mass is 10.0. The Morgan fingerprint density at radius 2 is 1.38 bits per heavy atom. The van der Waals surface area contributed by atoms with Gasteiger partial charge < -0.3 is 5.73 Å². The Kier molecular flexibility index (Phi) is 2.88. The fourth-order valence-electron chi connectivity index (χ4n) is 1.79. The first kappa shape index (κ1) is 11.0. The zero-order valence-corrected chi connectivity index (χ0v) is 10.2. The molecule has 0 aliphatic heterocycles. The highest BCUT2D eigenvalue weighted by Gasteiger charge is 2.04. The zero-order chi connectivity index (χ0) is 11.7. The fourth-order valence-corrected chi connectivity index (χ4v) is 1.90. The van der Waals surface area contributed by atoms with E-state index in [-0.39, 0.29) is 0 Å². The highest BCUT2D eigenvalue weighted by atomic mass is 35.5. The number of halogens is 1. The molecule has 0 aliphatic rings. The molecule has 16 heavy (non-hydrogen) atoms. The molecule has 1 nitrogen and oxygen atoms in total. The molecule has 0 aromatic heterocycles. The Hall–Kier alpha value is -1.47. The number of hydrogen-bond donors (Lipinski definition) is 1. The monoisotopic (exact) mass is 231 g/mol. The summed E-state index contributed by atoms with van der Waals surface area (Å²) in [5.41, 5.74) is 11.0. The molecule has 0 aliphatic carbocycles. The third-order valence-electron chi connectivity index (χ3n) is 2.68. The Balaban J connectivity index is 2.52. The lowest BCUT2D eigenvalue weighted by Gasteiger charge is -2.08. The van der Waals surface area contributed by atoms with Crippen molar-refractivity contribution in [3.8, 4) is 11.1 Å². The molecule has 2 N–H and O–H groups in total. The second-order valence-electron chi connectivity index (χ2n) is 4.05. The average Bonchev–Trinajstić information content (AvgIpc) is 2.26. The Labute approximate surface area is 101 Å². The number of aryl methyl sites for hydroxylation is 2. The van der Waals surface area contributed by atoms with Crippen LogP contribution in [0.1, 0.15) is 11.1 Å². The Morgan fingerprint density at radius 3 is 1.88 bits per heavy atom. The van der Waals surface area contributed by atoms with Crippen molar-refractivity contribution in [1.82, 2.24) is 0 Å². The molecule has 0 saturated carbocycles. The number of nitrogens with two attached hydrogens (primary N) is 1. The normalized spacial score (nSPS) is 10.4. The van der Waals surface area contributed by atoms with E-state index in [1.807, 2.05) is 38.1 Å². The van der Waals surface area contributed by atoms with Crippen LogP contribution in [0.2, 0.25) is 5.02 Å². The highest BCUT2D eigenvalue weighted by Crippen LogP contribution is 2.28. The largest absolute Gasteiger partial charge is 0.399 e. The van der Waals surface area contributed by atoms with Crippen molar-refractivity contribution >= 4 is 17.3 Å². The van der Waals surface area contributed by atoms with Gasteiger partial charge in [0, 0.05) is 10.7 Å². The van der Waals surface area contributed by atoms with Crippen LogP contribution in [0.15, 0.2) is 36.4 Å². The van der Waals surface area contributed by atoms with Crippen LogP contribution in [-0.2, 0) is 0 Å². The summed E-state index contributed by atoms with van der Waals surface area (Å²) in [6, 6.07) is 12.1. The van der Waals surface area contributed by atoms with Crippen molar-refractivity contribution in [3.63, 3.8) is 0 Å². The molecular formula is C14H14ClN. The molecule has 2 rings (SSSR count). The maximum absolute atomic E-state index is 6.14. The summed E-state index contributed by atoms with van der Waals surface area (Å²) in [6.07, 6.45) is 0. The Bertz CT molecular complexity index is 492. The van der Waals surface area contributed by atoms with Gasteiger partial charge in [-0.3, -0.25) is 0 Å². The molecule has 0 atom stereocenters. The molecule has 0 heterocycles. The van der Waals surface area contributed by atoms with E-state index in [4.69, 9.17) is 17.3 Å². The molecule has 0 radical (unpaired) electrons. The van der Waals surface area contributed by atoms with Gasteiger partial charge in [0.25, 0.3) is 0 Å². The van der Waals surface area contributed by atoms with Gasteiger partial charge in [0.2, 0.25) is 0 Å². The highest BCUT2D eigenvalue weighted by molar-refractivity contribution is 6.32. The molecule has 82 valence electrons. The summed E-state index contributed by atoms with van der Waals surface area (Å²) in [4.78, 5) is 0. The molecule has 0 unspecified atom stereocenters. The predicted molar refractivity (Wildman–Crippen MR) is 70.8 cm³/mol. The number of rotatable bonds is 1. The first-order valence-corrected chi connectivity index (χ1v) is 5.58. The molecular weight excluding hydrogens is 218 g/mol. The fraction of sp³-hybridized carbons (Fsp3) is 0.143. The average molecular weight is 232 g/mol. The smallest absolute Gasteiger partial charge is 0.0464 e. The van der Waals surface area contributed by atoms with Gasteiger partial charge in [0.05, 0.1) is 0 Å². The van der Waals surface area contributed by atoms with E-state index in [0.29, 0.717) is 0 Å². The number of benzene rings is 2. The van der Waals surface area contributed by atoms with Gasteiger partial charge in [0.1, 0.15) is 0 Å². The van der Waals surface area contributed by atoms with E-state index in [9.17, 15) is 0 Å². The zero-order valence-electron chi connectivity index (χ0n) is 9.42. The molecule has 0 amide bonds. The van der Waals surface area contributed by atoms with Crippen molar-refractivity contribution in [2.45, 2.75) is 13.8 Å². The van der Waals surface area contributed by atoms with Gasteiger partial charge in [-0.05, 0) is 60.4 Å². The Morgan fingerprint density at radius 1 is 0.875 bits per heavy atom. The van der Waals surface area contributed by atoms with E-state index >= 15 is 0 Å². The standard InChI is InChI=1S/C14H14ClN/c1-9-7-12(8-10(2)14(9)15)11-3-5-13(16)6-4-11/h3-8H,16H2,1-2H3. The maximum atomic E-state index is 6.14. The van der Waals surface area contributed by atoms with Crippen molar-refractivity contribution < 1.29 is 0 Å². The van der Waals surface area contributed by atoms with Crippen molar-refractivity contribution in [1.29, 1.82) is 0 Å². The van der Waals surface area contributed by atoms with Crippen LogP contribution in [0.3, 0.4) is 0 Å². The lowest BCUT2D eigenvalue weighted by molar-refractivity contribution is 1.38. The lowest BCUT2D eigenvalue weighted by Crippen LogP contribution is -1.87. The topological polar surface area (TPSA) is 26.0 Å². The number of nitrogen functional groups attached to an aromatic ring is 1. The third kappa shape index (κ3) is 2.05. The van der Waals surface area contributed by atoms with Gasteiger partial charge in [-0.25, -0.2) is 0 Å². The first-order valence-electron chi connectivity index (χ1n) is 5.20. The van der Waals surface area contributed by atoms with Crippen LogP contribution in [-0.4, -0.2) is 0 Å². The second-order valence-corrected chi connectivity index (χ2v) is 4.42. The van der Waals surface area contributed by atoms with Crippen molar-refractivity contribution in [2.75, 3.05) is 5.73 Å². The van der Waals surface area contributed by atoms with Crippen molar-refractivity contribution in [2.24, 2.45) is 0 Å². The van der Waals surface area contributed by atoms with E-state index in [0.717, 1.165) is 27.4 Å². The molecule has 0 bridgehead atoms. The van der Waals surface area contributed by atoms with E-state index in [1.54, 1.807) is 0 Å². The maximum Gasteiger partial charge on any atom is 0.0464 e. The molecule has 2 aromatic carbocycles. The van der Waals surface area contributed by atoms with Crippen LogP contribution in [0.4, 0.5) is 5.69 Å². The van der Waals surface area contributed by atoms with Crippen molar-refractivity contribution in [3.05, 3.63) is 52.5 Å². The molecule has 2 heteroatoms. The molecule has 2 aromatic rings. The van der Waals surface area contributed by atoms with Gasteiger partial charge in [-0.15, -0.1) is 0 Å². The van der Waals surface area contributed by atoms with Crippen LogP contribution in [0.25, 0.3) is 11.1 Å². The number of anilines is 1. The van der Waals surface area contributed by atoms with Gasteiger partial charge in [-0.2, -0.15) is 0 Å². The van der Waals surface area contributed by atoms with E-state index in [2.05, 4.69) is 12.1 Å². The second kappa shape index (κ2) is 4.18. The molecule has 0 spiro atoms. The first-order chi connectivity index (χ1) is 7.58. The summed E-state index contributed by atoms with van der Waals surface area (Å²) >= 11 is 6.14. The number of hydrogen-bond acceptors (Lipinski definition) is 1. The SMILES string of the molecule is Cc1cc(-c2ccc(N)cc2)cc(C)c1Cl. The van der Waals surface area contributed by atoms with Crippen LogP contribution < -0.4 is 5.73 Å². The van der Waals surface area contributed by atoms with E-state index < -0.39 is 0 Å². The predicted octanol–water partition coefficient (Wildman–Crippen LogP) is 4.21. The minimum Gasteiger partial charge on any atom is -0.399 e. The van der Waals surface area contributed by atoms with Crippen LogP contribution in [0.5, 0.6) is 0 Å². The van der Waals surface area contributed by atoms with Crippen LogP contribution in [0, 0.1) is 13.8 Å². The summed E-state index contributed by atoms with van der Waals surface area (Å²) in [5.74, 6) is 0. The third-order valence-corrected chi connectivity index (χ3v) is 3.28. The molecule has 0 fully saturated rings. The summed E-state index contributed by atoms with van der Waals surface area (Å²) in [7, 11) is 0. The quantitative estimate of drug-likeness (QED) is 0.732. The summed E-state index contributed by atoms with van der Waals surface area (Å²) < 4.78 is 0. The molecule has 0 saturated heterocycles. The van der Waals surface area contributed by atoms with Gasteiger partial charge >= 0.3 is 0 Å². The minimum absolute atomic E-state index is 0.783. The van der Waals surface area contributed by atoms with Crippen LogP contribution >= 0.6 is 11.6 Å². The summed E-state index contributed by atoms with van der Waals surface area (Å²) in [5, 5.41) is 0.846. The summed E-state index contributed by atoms with van der Waals surface area (Å²) in [6.45, 7) is 4.05. The van der Waals surface area contributed by atoms with E-state index in [1.165, 1.54) is 5.56 Å². The minimum atomic E-state index is 0.783. The van der Waals surface area contributed by atoms with Gasteiger partial charge in [0.15, 0.2) is 0 Å².